The van der Waals surface area contributed by atoms with Gasteiger partial charge in [-0.2, -0.15) is 5.10 Å². The molecule has 0 aromatic heterocycles. The van der Waals surface area contributed by atoms with Crippen molar-refractivity contribution >= 4 is 33.7 Å². The number of anilines is 1. The number of nitrogens with one attached hydrogen (secondary N) is 2. The minimum Gasteiger partial charge on any atom is -0.484 e. The molecule has 0 saturated heterocycles. The summed E-state index contributed by atoms with van der Waals surface area (Å²) < 4.78 is 31.2. The van der Waals surface area contributed by atoms with Gasteiger partial charge in [-0.05, 0) is 79.8 Å². The molecular weight excluding hydrogens is 480 g/mol. The van der Waals surface area contributed by atoms with Crippen LogP contribution in [-0.2, 0) is 19.6 Å². The highest BCUT2D eigenvalue weighted by atomic mass is 32.2. The van der Waals surface area contributed by atoms with Gasteiger partial charge in [-0.1, -0.05) is 25.3 Å². The number of nitrogens with zero attached hydrogens (tertiary/aromatic N) is 2. The third kappa shape index (κ3) is 8.67. The third-order valence-electron chi connectivity index (χ3n) is 5.81. The second-order valence-electron chi connectivity index (χ2n) is 9.17. The van der Waals surface area contributed by atoms with Crippen LogP contribution < -0.4 is 19.8 Å². The van der Waals surface area contributed by atoms with Gasteiger partial charge >= 0.3 is 0 Å². The molecule has 36 heavy (non-hydrogen) atoms. The fraction of sp³-hybridized carbons (Fsp3) is 0.423. The predicted octanol–water partition coefficient (Wildman–Crippen LogP) is 3.05. The number of aryl methyl sites for hydroxylation is 2. The number of rotatable bonds is 10. The molecule has 0 spiro atoms. The van der Waals surface area contributed by atoms with Crippen LogP contribution in [0.5, 0.6) is 5.75 Å². The first kappa shape index (κ1) is 27.2. The van der Waals surface area contributed by atoms with Gasteiger partial charge in [0.15, 0.2) is 6.61 Å². The van der Waals surface area contributed by atoms with Crippen molar-refractivity contribution in [3.63, 3.8) is 0 Å². The Hall–Kier alpha value is -3.40. The highest BCUT2D eigenvalue weighted by Gasteiger charge is 2.21. The monoisotopic (exact) mass is 514 g/mol. The average molecular weight is 515 g/mol. The standard InChI is InChI=1S/C26H34N4O5S/c1-19-13-20(2)15-23(14-19)30(36(3,33)34)17-25(31)29-27-16-21-9-11-24(12-10-21)35-18-26(32)28-22-7-5-4-6-8-22/h9-16,22H,4-8,17-18H2,1-3H3,(H,28,32)(H,29,31)/b27-16-. The van der Waals surface area contributed by atoms with E-state index in [4.69, 9.17) is 4.74 Å². The zero-order valence-corrected chi connectivity index (χ0v) is 21.8. The van der Waals surface area contributed by atoms with Crippen LogP contribution in [0.1, 0.15) is 48.8 Å². The van der Waals surface area contributed by atoms with E-state index in [1.54, 1.807) is 36.4 Å². The summed E-state index contributed by atoms with van der Waals surface area (Å²) in [6, 6.07) is 12.5. The number of carbonyl (C=O) groups excluding carboxylic acids is 2. The van der Waals surface area contributed by atoms with E-state index in [-0.39, 0.29) is 18.6 Å². The van der Waals surface area contributed by atoms with Crippen LogP contribution in [0.4, 0.5) is 5.69 Å². The van der Waals surface area contributed by atoms with E-state index in [0.29, 0.717) is 17.0 Å². The Balaban J connectivity index is 1.49. The molecule has 1 aliphatic rings. The van der Waals surface area contributed by atoms with Gasteiger partial charge in [0, 0.05) is 6.04 Å². The minimum absolute atomic E-state index is 0.0444. The lowest BCUT2D eigenvalue weighted by molar-refractivity contribution is -0.124. The number of amides is 2. The van der Waals surface area contributed by atoms with Crippen LogP contribution in [0.15, 0.2) is 47.6 Å². The molecule has 194 valence electrons. The molecule has 2 N–H and O–H groups in total. The van der Waals surface area contributed by atoms with Gasteiger partial charge < -0.3 is 10.1 Å². The summed E-state index contributed by atoms with van der Waals surface area (Å²) in [6.45, 7) is 3.29. The summed E-state index contributed by atoms with van der Waals surface area (Å²) in [5.41, 5.74) is 5.29. The Labute approximate surface area is 213 Å². The highest BCUT2D eigenvalue weighted by Crippen LogP contribution is 2.21. The van der Waals surface area contributed by atoms with Gasteiger partial charge in [-0.15, -0.1) is 0 Å². The van der Waals surface area contributed by atoms with E-state index in [1.807, 2.05) is 19.9 Å². The van der Waals surface area contributed by atoms with E-state index in [2.05, 4.69) is 15.8 Å². The molecule has 2 aromatic rings. The molecule has 1 saturated carbocycles. The van der Waals surface area contributed by atoms with E-state index >= 15 is 0 Å². The molecule has 1 fully saturated rings. The summed E-state index contributed by atoms with van der Waals surface area (Å²) in [5, 5.41) is 6.93. The lowest BCUT2D eigenvalue weighted by atomic mass is 9.95. The van der Waals surface area contributed by atoms with Crippen LogP contribution in [-0.4, -0.2) is 51.9 Å². The Morgan fingerprint density at radius 1 is 1.03 bits per heavy atom. The molecule has 2 aromatic carbocycles. The highest BCUT2D eigenvalue weighted by molar-refractivity contribution is 7.92. The Kier molecular flexibility index (Phi) is 9.46. The van der Waals surface area contributed by atoms with Crippen molar-refractivity contribution in [2.24, 2.45) is 5.10 Å². The van der Waals surface area contributed by atoms with Crippen molar-refractivity contribution in [2.75, 3.05) is 23.7 Å². The van der Waals surface area contributed by atoms with Gasteiger partial charge in [0.25, 0.3) is 11.8 Å². The SMILES string of the molecule is Cc1cc(C)cc(N(CC(=O)N/N=C\c2ccc(OCC(=O)NC3CCCCC3)cc2)S(C)(=O)=O)c1. The van der Waals surface area contributed by atoms with Gasteiger partial charge in [-0.25, -0.2) is 13.8 Å². The quantitative estimate of drug-likeness (QED) is 0.373. The molecular formula is C26H34N4O5S. The number of hydrazone groups is 1. The van der Waals surface area contributed by atoms with Crippen LogP contribution in [0, 0.1) is 13.8 Å². The van der Waals surface area contributed by atoms with Gasteiger partial charge in [0.2, 0.25) is 10.0 Å². The number of ether oxygens (including phenoxy) is 1. The maximum Gasteiger partial charge on any atom is 0.260 e. The Morgan fingerprint density at radius 3 is 2.28 bits per heavy atom. The van der Waals surface area contributed by atoms with Crippen molar-refractivity contribution < 1.29 is 22.7 Å². The summed E-state index contributed by atoms with van der Waals surface area (Å²) in [6.07, 6.45) is 8.08. The smallest absolute Gasteiger partial charge is 0.260 e. The van der Waals surface area contributed by atoms with E-state index in [1.165, 1.54) is 12.6 Å². The van der Waals surface area contributed by atoms with E-state index in [0.717, 1.165) is 47.4 Å². The number of carbonyl (C=O) groups is 2. The van der Waals surface area contributed by atoms with Crippen molar-refractivity contribution in [1.29, 1.82) is 0 Å². The second kappa shape index (κ2) is 12.5. The van der Waals surface area contributed by atoms with E-state index < -0.39 is 22.5 Å². The fourth-order valence-electron chi connectivity index (χ4n) is 4.15. The maximum atomic E-state index is 12.4. The molecule has 0 radical (unpaired) electrons. The van der Waals surface area contributed by atoms with Gasteiger partial charge in [0.05, 0.1) is 18.2 Å². The summed E-state index contributed by atoms with van der Waals surface area (Å²) in [7, 11) is -3.67. The molecule has 10 heteroatoms. The first-order valence-electron chi connectivity index (χ1n) is 12.0. The van der Waals surface area contributed by atoms with Crippen LogP contribution in [0.2, 0.25) is 0 Å². The number of hydrogen-bond donors (Lipinski definition) is 2. The molecule has 0 atom stereocenters. The fourth-order valence-corrected chi connectivity index (χ4v) is 4.99. The van der Waals surface area contributed by atoms with Gasteiger partial charge in [-0.3, -0.25) is 13.9 Å². The molecule has 2 amide bonds. The number of benzene rings is 2. The Bertz CT molecular complexity index is 1170. The third-order valence-corrected chi connectivity index (χ3v) is 6.95. The first-order chi connectivity index (χ1) is 17.1. The predicted molar refractivity (Wildman–Crippen MR) is 141 cm³/mol. The lowest BCUT2D eigenvalue weighted by Crippen LogP contribution is -2.39. The van der Waals surface area contributed by atoms with Crippen molar-refractivity contribution in [3.8, 4) is 5.75 Å². The molecule has 0 heterocycles. The molecule has 0 bridgehead atoms. The minimum atomic E-state index is -3.67. The normalized spacial score (nSPS) is 14.4. The second-order valence-corrected chi connectivity index (χ2v) is 11.1. The molecule has 1 aliphatic carbocycles. The first-order valence-corrected chi connectivity index (χ1v) is 13.8. The topological polar surface area (TPSA) is 117 Å². The summed E-state index contributed by atoms with van der Waals surface area (Å²) >= 11 is 0. The zero-order valence-electron chi connectivity index (χ0n) is 21.0. The van der Waals surface area contributed by atoms with Crippen molar-refractivity contribution in [1.82, 2.24) is 10.7 Å². The summed E-state index contributed by atoms with van der Waals surface area (Å²) in [5.74, 6) is -0.147. The number of hydrogen-bond acceptors (Lipinski definition) is 6. The van der Waals surface area contributed by atoms with Crippen LogP contribution in [0.3, 0.4) is 0 Å². The average Bonchev–Trinajstić information content (AvgIpc) is 2.81. The largest absolute Gasteiger partial charge is 0.484 e. The lowest BCUT2D eigenvalue weighted by Gasteiger charge is -2.22. The molecule has 0 aliphatic heterocycles. The zero-order chi connectivity index (χ0) is 26.1. The number of sulfonamides is 1. The molecule has 3 rings (SSSR count). The van der Waals surface area contributed by atoms with Crippen LogP contribution in [0.25, 0.3) is 0 Å². The van der Waals surface area contributed by atoms with Crippen molar-refractivity contribution in [3.05, 3.63) is 59.2 Å². The van der Waals surface area contributed by atoms with E-state index in [9.17, 15) is 18.0 Å². The maximum absolute atomic E-state index is 12.4. The molecule has 0 unspecified atom stereocenters. The Morgan fingerprint density at radius 2 is 1.67 bits per heavy atom. The summed E-state index contributed by atoms with van der Waals surface area (Å²) in [4.78, 5) is 24.5. The van der Waals surface area contributed by atoms with Crippen molar-refractivity contribution in [2.45, 2.75) is 52.0 Å². The van der Waals surface area contributed by atoms with Crippen LogP contribution >= 0.6 is 0 Å². The van der Waals surface area contributed by atoms with Gasteiger partial charge in [0.1, 0.15) is 12.3 Å². The molecule has 9 nitrogen and oxygen atoms in total.